The molecular formula is C14H12N2O2. The molecule has 0 aliphatic carbocycles. The van der Waals surface area contributed by atoms with Gasteiger partial charge in [0.05, 0.1) is 11.3 Å². The number of carbonyl (C=O) groups excluding carboxylic acids is 2. The van der Waals surface area contributed by atoms with Gasteiger partial charge in [-0.1, -0.05) is 6.07 Å². The minimum Gasteiger partial charge on any atom is -0.294 e. The molecule has 0 saturated carbocycles. The van der Waals surface area contributed by atoms with Gasteiger partial charge in [-0.25, -0.2) is 0 Å². The van der Waals surface area contributed by atoms with Crippen LogP contribution >= 0.6 is 0 Å². The molecule has 4 heteroatoms. The summed E-state index contributed by atoms with van der Waals surface area (Å²) in [7, 11) is 0. The molecule has 0 N–H and O–H groups in total. The zero-order valence-electron chi connectivity index (χ0n) is 10.2. The molecule has 0 bridgehead atoms. The molecule has 0 amide bonds. The fraction of sp³-hybridized carbons (Fsp3) is 0.143. The van der Waals surface area contributed by atoms with Crippen LogP contribution in [0.5, 0.6) is 0 Å². The van der Waals surface area contributed by atoms with Crippen LogP contribution in [0, 0.1) is 0 Å². The van der Waals surface area contributed by atoms with E-state index in [9.17, 15) is 9.59 Å². The first-order valence-corrected chi connectivity index (χ1v) is 5.53. The van der Waals surface area contributed by atoms with Crippen molar-refractivity contribution >= 4 is 11.6 Å². The minimum absolute atomic E-state index is 0.153. The van der Waals surface area contributed by atoms with Gasteiger partial charge in [0, 0.05) is 18.0 Å². The summed E-state index contributed by atoms with van der Waals surface area (Å²) in [6.07, 6.45) is 3.15. The number of aromatic nitrogens is 2. The maximum atomic E-state index is 11.7. The van der Waals surface area contributed by atoms with E-state index in [0.29, 0.717) is 22.5 Å². The summed E-state index contributed by atoms with van der Waals surface area (Å²) in [6.45, 7) is 2.86. The second kappa shape index (κ2) is 4.87. The monoisotopic (exact) mass is 240 g/mol. The average Bonchev–Trinajstić information content (AvgIpc) is 2.38. The lowest BCUT2D eigenvalue weighted by Gasteiger charge is -2.08. The Hall–Kier alpha value is -2.36. The van der Waals surface area contributed by atoms with Crippen LogP contribution in [0.25, 0.3) is 11.4 Å². The molecule has 0 unspecified atom stereocenters. The van der Waals surface area contributed by atoms with Gasteiger partial charge in [0.1, 0.15) is 5.69 Å². The Morgan fingerprint density at radius 3 is 2.28 bits per heavy atom. The molecule has 0 aliphatic heterocycles. The summed E-state index contributed by atoms with van der Waals surface area (Å²) >= 11 is 0. The first-order chi connectivity index (χ1) is 8.61. The topological polar surface area (TPSA) is 59.9 Å². The Bertz CT molecular complexity index is 606. The second-order valence-electron chi connectivity index (χ2n) is 3.91. The molecule has 2 heterocycles. The first kappa shape index (κ1) is 12.1. The van der Waals surface area contributed by atoms with Crippen LogP contribution in [0.4, 0.5) is 0 Å². The summed E-state index contributed by atoms with van der Waals surface area (Å²) in [5, 5.41) is 0. The van der Waals surface area contributed by atoms with E-state index in [1.807, 2.05) is 6.07 Å². The predicted octanol–water partition coefficient (Wildman–Crippen LogP) is 2.55. The van der Waals surface area contributed by atoms with Gasteiger partial charge in [0.25, 0.3) is 0 Å². The molecule has 0 fully saturated rings. The number of carbonyl (C=O) groups is 2. The van der Waals surface area contributed by atoms with Crippen molar-refractivity contribution in [2.24, 2.45) is 0 Å². The molecule has 2 rings (SSSR count). The molecule has 2 aromatic heterocycles. The number of pyridine rings is 2. The van der Waals surface area contributed by atoms with Gasteiger partial charge < -0.3 is 0 Å². The van der Waals surface area contributed by atoms with Crippen LogP contribution in [0.3, 0.4) is 0 Å². The molecule has 90 valence electrons. The van der Waals surface area contributed by atoms with Crippen molar-refractivity contribution < 1.29 is 9.59 Å². The highest BCUT2D eigenvalue weighted by Crippen LogP contribution is 2.23. The molecular weight excluding hydrogens is 228 g/mol. The van der Waals surface area contributed by atoms with Crippen molar-refractivity contribution in [2.45, 2.75) is 13.8 Å². The average molecular weight is 240 g/mol. The SMILES string of the molecule is CC(=O)c1ccnc(-c2ccccn2)c1C(C)=O. The molecule has 0 aromatic carbocycles. The van der Waals surface area contributed by atoms with E-state index in [2.05, 4.69) is 9.97 Å². The number of hydrogen-bond acceptors (Lipinski definition) is 4. The Morgan fingerprint density at radius 2 is 1.72 bits per heavy atom. The van der Waals surface area contributed by atoms with Gasteiger partial charge in [-0.3, -0.25) is 19.6 Å². The van der Waals surface area contributed by atoms with Crippen LogP contribution in [-0.2, 0) is 0 Å². The minimum atomic E-state index is -0.186. The van der Waals surface area contributed by atoms with E-state index in [-0.39, 0.29) is 11.6 Å². The van der Waals surface area contributed by atoms with Crippen molar-refractivity contribution in [1.29, 1.82) is 0 Å². The van der Waals surface area contributed by atoms with Crippen LogP contribution in [0.2, 0.25) is 0 Å². The van der Waals surface area contributed by atoms with Crippen LogP contribution in [0.1, 0.15) is 34.6 Å². The third-order valence-electron chi connectivity index (χ3n) is 2.59. The summed E-state index contributed by atoms with van der Waals surface area (Å²) < 4.78 is 0. The van der Waals surface area contributed by atoms with Crippen molar-refractivity contribution in [3.63, 3.8) is 0 Å². The molecule has 0 spiro atoms. The predicted molar refractivity (Wildman–Crippen MR) is 67.5 cm³/mol. The molecule has 18 heavy (non-hydrogen) atoms. The Morgan fingerprint density at radius 1 is 0.944 bits per heavy atom. The van der Waals surface area contributed by atoms with Crippen molar-refractivity contribution in [3.8, 4) is 11.4 Å². The fourth-order valence-electron chi connectivity index (χ4n) is 1.81. The maximum absolute atomic E-state index is 11.7. The smallest absolute Gasteiger partial charge is 0.162 e. The lowest BCUT2D eigenvalue weighted by Crippen LogP contribution is -2.08. The fourth-order valence-corrected chi connectivity index (χ4v) is 1.81. The molecule has 0 aliphatic rings. The number of rotatable bonds is 3. The lowest BCUT2D eigenvalue weighted by molar-refractivity contribution is 0.0981. The quantitative estimate of drug-likeness (QED) is 0.773. The van der Waals surface area contributed by atoms with Crippen LogP contribution in [0.15, 0.2) is 36.7 Å². The maximum Gasteiger partial charge on any atom is 0.162 e. The van der Waals surface area contributed by atoms with Gasteiger partial charge in [-0.2, -0.15) is 0 Å². The standard InChI is InChI=1S/C14H12N2O2/c1-9(17)11-6-8-16-14(13(11)10(2)18)12-5-3-4-7-15-12/h3-8H,1-2H3. The van der Waals surface area contributed by atoms with Gasteiger partial charge in [0.15, 0.2) is 11.6 Å². The summed E-state index contributed by atoms with van der Waals surface area (Å²) in [5.74, 6) is -0.339. The highest BCUT2D eigenvalue weighted by atomic mass is 16.1. The van der Waals surface area contributed by atoms with E-state index in [1.54, 1.807) is 24.4 Å². The Labute approximate surface area is 105 Å². The zero-order valence-corrected chi connectivity index (χ0v) is 10.2. The number of nitrogens with zero attached hydrogens (tertiary/aromatic N) is 2. The number of hydrogen-bond donors (Lipinski definition) is 0. The highest BCUT2D eigenvalue weighted by Gasteiger charge is 2.18. The van der Waals surface area contributed by atoms with Gasteiger partial charge in [-0.05, 0) is 32.0 Å². The van der Waals surface area contributed by atoms with Crippen LogP contribution < -0.4 is 0 Å². The van der Waals surface area contributed by atoms with E-state index in [1.165, 1.54) is 20.0 Å². The molecule has 0 saturated heterocycles. The van der Waals surface area contributed by atoms with Gasteiger partial charge >= 0.3 is 0 Å². The van der Waals surface area contributed by atoms with E-state index in [0.717, 1.165) is 0 Å². The largest absolute Gasteiger partial charge is 0.294 e. The van der Waals surface area contributed by atoms with Crippen molar-refractivity contribution in [1.82, 2.24) is 9.97 Å². The summed E-state index contributed by atoms with van der Waals surface area (Å²) in [5.41, 5.74) is 1.77. The molecule has 4 nitrogen and oxygen atoms in total. The number of ketones is 2. The third kappa shape index (κ3) is 2.18. The zero-order chi connectivity index (χ0) is 13.1. The molecule has 0 atom stereocenters. The Balaban J connectivity index is 2.72. The van der Waals surface area contributed by atoms with Gasteiger partial charge in [-0.15, -0.1) is 0 Å². The van der Waals surface area contributed by atoms with E-state index < -0.39 is 0 Å². The first-order valence-electron chi connectivity index (χ1n) is 5.53. The van der Waals surface area contributed by atoms with E-state index >= 15 is 0 Å². The van der Waals surface area contributed by atoms with Crippen molar-refractivity contribution in [3.05, 3.63) is 47.8 Å². The third-order valence-corrected chi connectivity index (χ3v) is 2.59. The van der Waals surface area contributed by atoms with Crippen LogP contribution in [-0.4, -0.2) is 21.5 Å². The second-order valence-corrected chi connectivity index (χ2v) is 3.91. The molecule has 0 radical (unpaired) electrons. The van der Waals surface area contributed by atoms with Crippen molar-refractivity contribution in [2.75, 3.05) is 0 Å². The molecule has 2 aromatic rings. The van der Waals surface area contributed by atoms with E-state index in [4.69, 9.17) is 0 Å². The lowest BCUT2D eigenvalue weighted by atomic mass is 9.98. The Kier molecular flexibility index (Phi) is 3.28. The summed E-state index contributed by atoms with van der Waals surface area (Å²) in [6, 6.07) is 6.92. The summed E-state index contributed by atoms with van der Waals surface area (Å²) in [4.78, 5) is 31.6. The normalized spacial score (nSPS) is 10.1. The number of Topliss-reactive ketones (excluding diaryl/α,β-unsaturated/α-hetero) is 2. The van der Waals surface area contributed by atoms with Gasteiger partial charge in [0.2, 0.25) is 0 Å². The highest BCUT2D eigenvalue weighted by molar-refractivity contribution is 6.10.